The third-order valence-electron chi connectivity index (χ3n) is 24.7. The first-order valence-corrected chi connectivity index (χ1v) is 50.4. The molecule has 5 atom stereocenters. The monoisotopic (exact) mass is 2150 g/mol. The normalized spacial score (nSPS) is 19.6. The molecule has 3 spiro atoms. The van der Waals surface area contributed by atoms with Crippen LogP contribution in [0.15, 0.2) is 73.1 Å². The van der Waals surface area contributed by atoms with Gasteiger partial charge in [-0.15, -0.1) is 51.2 Å². The molecule has 7 saturated heterocycles. The number of hydrogen-bond acceptors (Lipinski definition) is 29. The van der Waals surface area contributed by atoms with Gasteiger partial charge in [0.1, 0.15) is 105 Å². The molecule has 9 aromatic rings. The number of alkyl halides is 10. The van der Waals surface area contributed by atoms with Crippen molar-refractivity contribution in [2.45, 2.75) is 233 Å². The Labute approximate surface area is 899 Å². The van der Waals surface area contributed by atoms with Gasteiger partial charge in [-0.25, -0.2) is 39.5 Å². The number of rotatable bonds is 15. The second kappa shape index (κ2) is 52.6. The predicted molar refractivity (Wildman–Crippen MR) is 529 cm³/mol. The molecule has 2 aliphatic carbocycles. The number of amides is 4. The van der Waals surface area contributed by atoms with Crippen LogP contribution in [0.5, 0.6) is 0 Å². The molecule has 46 heteroatoms. The van der Waals surface area contributed by atoms with Gasteiger partial charge >= 0.3 is 82.1 Å². The Morgan fingerprint density at radius 3 is 1.52 bits per heavy atom. The van der Waals surface area contributed by atoms with Gasteiger partial charge in [0.2, 0.25) is 11.8 Å². The van der Waals surface area contributed by atoms with Gasteiger partial charge in [-0.1, -0.05) is 57.3 Å². The summed E-state index contributed by atoms with van der Waals surface area (Å²) in [5.41, 5.74) is 6.57. The van der Waals surface area contributed by atoms with Gasteiger partial charge in [0.05, 0.1) is 80.1 Å². The second-order valence-corrected chi connectivity index (χ2v) is 43.8. The summed E-state index contributed by atoms with van der Waals surface area (Å²) in [6.07, 6.45) is 2.31. The number of likely N-dealkylation sites (tertiary alicyclic amines) is 2. The average Bonchev–Trinajstić information content (AvgIpc) is 1.60. The average molecular weight is 2150 g/mol. The number of benzene rings is 2. The number of carbonyl (C=O) groups is 7. The van der Waals surface area contributed by atoms with E-state index in [0.29, 0.717) is 116 Å². The van der Waals surface area contributed by atoms with Crippen molar-refractivity contribution in [1.82, 2.24) is 60.2 Å². The molecule has 6 N–H and O–H groups in total. The molecule has 4 amide bonds. The summed E-state index contributed by atoms with van der Waals surface area (Å²) in [6.45, 7) is 29.5. The van der Waals surface area contributed by atoms with Gasteiger partial charge < -0.3 is 79.5 Å². The van der Waals surface area contributed by atoms with Gasteiger partial charge in [0.15, 0.2) is 0 Å². The zero-order chi connectivity index (χ0) is 106. The number of nitrogens with zero attached hydrogens (tertiary/aromatic N) is 13. The van der Waals surface area contributed by atoms with Crippen LogP contribution >= 0.6 is 57.2 Å². The van der Waals surface area contributed by atoms with E-state index < -0.39 is 55.1 Å². The number of aryl methyl sites for hydroxylation is 1. The number of anilines is 2. The summed E-state index contributed by atoms with van der Waals surface area (Å²) in [7, 11) is 0. The van der Waals surface area contributed by atoms with Gasteiger partial charge in [0.25, 0.3) is 0 Å². The number of carbonyl (C=O) groups excluding carboxylic acids is 7. The number of aliphatic hydroxyl groups excluding tert-OH is 3. The summed E-state index contributed by atoms with van der Waals surface area (Å²) >= 11 is 14.1. The molecule has 7 aromatic heterocycles. The zero-order valence-electron chi connectivity index (χ0n) is 83.1. The van der Waals surface area contributed by atoms with Gasteiger partial charge in [-0.05, 0) is 183 Å². The summed E-state index contributed by atoms with van der Waals surface area (Å²) in [5.74, 6) is 1.10. The topological polar surface area (TPSA) is 419 Å². The van der Waals surface area contributed by atoms with Crippen molar-refractivity contribution in [1.29, 1.82) is 10.5 Å². The van der Waals surface area contributed by atoms with Crippen LogP contribution in [0.1, 0.15) is 196 Å². The molecule has 2 unspecified atom stereocenters. The number of halogens is 11. The number of fused-ring (bicyclic) bond motifs is 5. The van der Waals surface area contributed by atoms with Gasteiger partial charge in [0, 0.05) is 143 Å². The number of aldehydes is 2. The van der Waals surface area contributed by atoms with Crippen molar-refractivity contribution < 1.29 is 164 Å². The minimum Gasteiger partial charge on any atom is -0.850 e. The van der Waals surface area contributed by atoms with Crippen LogP contribution in [0.3, 0.4) is 0 Å². The largest absolute Gasteiger partial charge is 1.00 e. The molecular formula is C99H122Cl2F9KN16O15S3. The number of nitriles is 2. The molecule has 14 heterocycles. The summed E-state index contributed by atoms with van der Waals surface area (Å²) in [5, 5.41) is 65.5. The Hall–Kier alpha value is -8.78. The minimum absolute atomic E-state index is 0. The molecule has 784 valence electrons. The fourth-order valence-electron chi connectivity index (χ4n) is 17.8. The molecule has 145 heavy (non-hydrogen) atoms. The fourth-order valence-corrected chi connectivity index (χ4v) is 21.2. The number of allylic oxidation sites excluding steroid dienone is 1. The van der Waals surface area contributed by atoms with Crippen LogP contribution in [0.2, 0.25) is 5.15 Å². The zero-order valence-corrected chi connectivity index (χ0v) is 90.2. The molecule has 31 nitrogen and oxygen atoms in total. The Morgan fingerprint density at radius 1 is 0.614 bits per heavy atom. The number of hydrogen-bond donors (Lipinski definition) is 6. The van der Waals surface area contributed by atoms with E-state index in [0.717, 1.165) is 168 Å². The first-order valence-electron chi connectivity index (χ1n) is 47.0. The van der Waals surface area contributed by atoms with E-state index in [1.165, 1.54) is 57.2 Å². The molecule has 9 aliphatic rings. The van der Waals surface area contributed by atoms with Crippen molar-refractivity contribution >= 4 is 159 Å². The maximum Gasteiger partial charge on any atom is 1.00 e. The summed E-state index contributed by atoms with van der Waals surface area (Å²) in [4.78, 5) is 113. The van der Waals surface area contributed by atoms with Crippen molar-refractivity contribution in [3.05, 3.63) is 132 Å². The van der Waals surface area contributed by atoms with Gasteiger partial charge in [-0.3, -0.25) is 24.0 Å². The molecule has 0 radical (unpaired) electrons. The van der Waals surface area contributed by atoms with Crippen molar-refractivity contribution in [2.24, 2.45) is 16.2 Å². The number of ether oxygens (including phenoxy) is 4. The number of aromatic nitrogens is 7. The van der Waals surface area contributed by atoms with E-state index in [-0.39, 0.29) is 158 Å². The predicted octanol–water partition coefficient (Wildman–Crippen LogP) is 13.2. The number of aliphatic hydroxyl groups is 3. The van der Waals surface area contributed by atoms with Crippen LogP contribution in [0.4, 0.5) is 60.7 Å². The summed E-state index contributed by atoms with van der Waals surface area (Å²) in [6, 6.07) is 18.0. The number of morpholine rings is 2. The molecule has 2 aromatic carbocycles. The van der Waals surface area contributed by atoms with E-state index in [1.807, 2.05) is 89.1 Å². The molecular weight excluding hydrogens is 2030 g/mol. The van der Waals surface area contributed by atoms with E-state index >= 15 is 0 Å². The van der Waals surface area contributed by atoms with Gasteiger partial charge in [-0.2, -0.15) is 50.0 Å². The first kappa shape index (κ1) is 120. The number of thiophene rings is 3. The fraction of sp³-hybridized carbons (Fsp3) is 0.566. The molecule has 8 fully saturated rings. The Kier molecular flexibility index (Phi) is 43.4. The van der Waals surface area contributed by atoms with E-state index in [4.69, 9.17) is 62.7 Å². The SMILES string of the molecule is CC(C)(C)OC(=O)N1CCC2(CCCC2)C1.CC(C)(C)OC(=O)N1CCC2(CCN(c3ncnc4sc(CC(F)(F)F)cc34)C2)C1.CC(C)(C)[O-].Cc1c(C=O)ccc2c1C=C(C#N)C2.Cc1c(C=O)ccc2c1cc(C#N)n2C[C@@H]1CNC(=O)CO1.FC(F)(F)Cc1cc2c(Cl)ncnc2s1.FC(F)(F)Cc1cc2c(N3CCC4(CCNC4)C3)ncnc2s1.O=C(CCl)CC[C@H](O)CO.O=C1CO[C@H](CO)CN1.[K+]. The first-order chi connectivity index (χ1) is 67.7. The van der Waals surface area contributed by atoms with Crippen molar-refractivity contribution in [3.8, 4) is 12.1 Å². The summed E-state index contributed by atoms with van der Waals surface area (Å²) < 4.78 is 136. The van der Waals surface area contributed by atoms with Crippen LogP contribution in [0.25, 0.3) is 47.6 Å². The van der Waals surface area contributed by atoms with Crippen LogP contribution in [-0.2, 0) is 65.6 Å². The van der Waals surface area contributed by atoms with Crippen LogP contribution in [-0.4, -0.2) is 266 Å². The number of nitrogens with one attached hydrogen (secondary N) is 3. The van der Waals surface area contributed by atoms with Crippen molar-refractivity contribution in [2.75, 3.05) is 121 Å². The molecule has 7 aliphatic heterocycles. The van der Waals surface area contributed by atoms with E-state index in [1.54, 1.807) is 49.9 Å². The number of Topliss-reactive ketones (excluding diaryl/α,β-unsaturated/α-hetero) is 1. The Balaban J connectivity index is 0.000000188. The molecule has 18 rings (SSSR count). The minimum atomic E-state index is -4.25. The van der Waals surface area contributed by atoms with Crippen LogP contribution < -0.4 is 82.2 Å². The van der Waals surface area contributed by atoms with E-state index in [9.17, 15) is 83.4 Å². The second-order valence-electron chi connectivity index (χ2n) is 39.8. The smallest absolute Gasteiger partial charge is 0.850 e. The van der Waals surface area contributed by atoms with Crippen molar-refractivity contribution in [3.63, 3.8) is 0 Å². The quantitative estimate of drug-likeness (QED) is 0.0182. The van der Waals surface area contributed by atoms with E-state index in [2.05, 4.69) is 67.8 Å². The third kappa shape index (κ3) is 36.3. The molecule has 0 bridgehead atoms. The Morgan fingerprint density at radius 2 is 1.08 bits per heavy atom. The number of ketones is 1. The maximum atomic E-state index is 12.8. The van der Waals surface area contributed by atoms with Crippen LogP contribution in [0, 0.1) is 52.8 Å². The maximum absolute atomic E-state index is 12.8. The standard InChI is InChI=1S/C20H25F3N4O2S.C16H15N3O3.C15H17F3N4S.C13H23NO2.C12H9NO.C8H4ClF3N2S.C6H11ClO3.C5H9NO3.C4H9O.K/c1-18(2,3)29-17(28)27-7-5-19(11-27)4-6-26(10-19)15-14-8-13(9-20(21,22)23)30-16(14)25-12-24-15;1-10-11(8-20)2-3-15-14(10)4-12(5-17)19(15)7-13-6-18-16(21)9-22-13;16-15(17,18)6-10-5-11-12(20-9-21-13(11)23-10)22-4-2-14(8-22)1-3-19-7-14;1-12(2,3)16-11(15)14-9-8-13(10-14)6-4-5-7-13;1-8-11(7-14)3-2-10-4-9(6-13)5-12(8)10;9-6-5-1-4(2-8(10,11)12)15-7(5)14-3-13-6;7-3-5(9)1-2-6(10)4-8;7-2-4-1-6-5(8)3-9-4;1-4(2,3)5;/h8,12H,4-7,9-11H2,1-3H3;2-4,8,13H,6-7,9H2,1H3,(H,18,21);5,9,19H,1-4,6-8H2;4-10H2,1-3H3;2-3,5,7H,4H2,1H3;1,3H,2H2;6,8,10H,1-4H2;4,7H,1-3H2,(H,6,8);1-3H3;/q;;;;;;;;-1;+1/t;13-;;;;;6-;4-;;/m.0....00../s1. The third-order valence-corrected chi connectivity index (χ3v) is 28.5. The molecule has 1 saturated carbocycles. The Bertz CT molecular complexity index is 6060.